The molecule has 16 heteroatoms. The number of aromatic nitrogens is 1. The van der Waals surface area contributed by atoms with E-state index in [0.717, 1.165) is 23.1 Å². The summed E-state index contributed by atoms with van der Waals surface area (Å²) in [4.78, 5) is 41.5. The van der Waals surface area contributed by atoms with E-state index in [0.29, 0.717) is 17.0 Å². The first kappa shape index (κ1) is 30.2. The van der Waals surface area contributed by atoms with Gasteiger partial charge in [-0.1, -0.05) is 24.0 Å². The maximum atomic E-state index is 13.2. The molecule has 3 heterocycles. The van der Waals surface area contributed by atoms with Gasteiger partial charge in [0, 0.05) is 17.8 Å². The van der Waals surface area contributed by atoms with Crippen LogP contribution in [0.4, 0.5) is 32.0 Å². The third-order valence-corrected chi connectivity index (χ3v) is 7.77. The number of aromatic carboxylic acids is 1. The van der Waals surface area contributed by atoms with E-state index in [-0.39, 0.29) is 50.8 Å². The molecule has 0 saturated carbocycles. The minimum Gasteiger partial charge on any atom is -0.477 e. The number of hydrogen-bond acceptors (Lipinski definition) is 7. The van der Waals surface area contributed by atoms with Gasteiger partial charge in [-0.25, -0.2) is 9.78 Å². The summed E-state index contributed by atoms with van der Waals surface area (Å²) in [5, 5.41) is 12.8. The molecular formula is C25H15F6N3O4S3. The van der Waals surface area contributed by atoms with Crippen LogP contribution in [-0.4, -0.2) is 43.6 Å². The highest BCUT2D eigenvalue weighted by Crippen LogP contribution is 2.40. The molecule has 3 aromatic rings. The molecule has 2 aromatic heterocycles. The summed E-state index contributed by atoms with van der Waals surface area (Å²) in [6.45, 7) is -0.0748. The number of carbonyl (C=O) groups excluding carboxylic acids is 2. The monoisotopic (exact) mass is 631 g/mol. The second-order valence-corrected chi connectivity index (χ2v) is 11.0. The summed E-state index contributed by atoms with van der Waals surface area (Å²) in [5.74, 6) is -2.24. The lowest BCUT2D eigenvalue weighted by Crippen LogP contribution is -2.31. The van der Waals surface area contributed by atoms with E-state index in [9.17, 15) is 40.7 Å². The molecule has 0 unspecified atom stereocenters. The largest absolute Gasteiger partial charge is 0.477 e. The van der Waals surface area contributed by atoms with Crippen LogP contribution in [0.3, 0.4) is 0 Å². The molecule has 1 aromatic carbocycles. The number of hydrogen-bond donors (Lipinski definition) is 2. The van der Waals surface area contributed by atoms with Gasteiger partial charge in [-0.05, 0) is 59.0 Å². The predicted octanol–water partition coefficient (Wildman–Crippen LogP) is 6.78. The topological polar surface area (TPSA) is 99.6 Å². The van der Waals surface area contributed by atoms with Crippen molar-refractivity contribution < 1.29 is 45.8 Å². The Labute approximate surface area is 240 Å². The Bertz CT molecular complexity index is 1530. The van der Waals surface area contributed by atoms with Gasteiger partial charge in [-0.2, -0.15) is 26.3 Å². The Balaban J connectivity index is 1.45. The fourth-order valence-electron chi connectivity index (χ4n) is 3.55. The Kier molecular flexibility index (Phi) is 8.56. The van der Waals surface area contributed by atoms with Crippen molar-refractivity contribution in [1.82, 2.24) is 9.88 Å². The standard InChI is InChI=1S/C25H15F6N3O4S3/c26-24(27,28)14-5-12(6-15(8-14)25(29,30)31)13-7-17(40-11-13)9-19-21(36)34(23(39)41-19)4-3-20(35)33-16-1-2-18(22(37)38)32-10-16/h1-2,5-11H,3-4H2,(H,33,35)(H,37,38). The van der Waals surface area contributed by atoms with E-state index in [1.165, 1.54) is 40.8 Å². The predicted molar refractivity (Wildman–Crippen MR) is 144 cm³/mol. The number of anilines is 1. The number of thioether (sulfide) groups is 1. The van der Waals surface area contributed by atoms with E-state index in [1.807, 2.05) is 0 Å². The molecule has 41 heavy (non-hydrogen) atoms. The summed E-state index contributed by atoms with van der Waals surface area (Å²) < 4.78 is 79.5. The second kappa shape index (κ2) is 11.6. The number of nitrogens with zero attached hydrogens (tertiary/aromatic N) is 2. The normalized spacial score (nSPS) is 15.1. The molecule has 0 radical (unpaired) electrons. The van der Waals surface area contributed by atoms with Crippen molar-refractivity contribution >= 4 is 69.2 Å². The van der Waals surface area contributed by atoms with Gasteiger partial charge in [0.1, 0.15) is 10.0 Å². The molecule has 0 aliphatic carbocycles. The first-order valence-electron chi connectivity index (χ1n) is 11.2. The van der Waals surface area contributed by atoms with Crippen molar-refractivity contribution in [3.05, 3.63) is 74.6 Å². The van der Waals surface area contributed by atoms with Crippen LogP contribution < -0.4 is 5.32 Å². The molecule has 2 amide bonds. The third kappa shape index (κ3) is 7.31. The van der Waals surface area contributed by atoms with E-state index in [4.69, 9.17) is 17.3 Å². The van der Waals surface area contributed by atoms with Gasteiger partial charge in [0.2, 0.25) is 5.91 Å². The summed E-state index contributed by atoms with van der Waals surface area (Å²) in [6, 6.07) is 5.24. The maximum Gasteiger partial charge on any atom is 0.416 e. The number of alkyl halides is 6. The quantitative estimate of drug-likeness (QED) is 0.169. The highest BCUT2D eigenvalue weighted by molar-refractivity contribution is 8.26. The number of carboxylic acids is 1. The first-order valence-corrected chi connectivity index (χ1v) is 13.4. The van der Waals surface area contributed by atoms with Crippen LogP contribution in [0.2, 0.25) is 0 Å². The molecule has 2 N–H and O–H groups in total. The zero-order valence-electron chi connectivity index (χ0n) is 20.2. The number of pyridine rings is 1. The van der Waals surface area contributed by atoms with Crippen LogP contribution in [0, 0.1) is 0 Å². The lowest BCUT2D eigenvalue weighted by molar-refractivity contribution is -0.143. The van der Waals surface area contributed by atoms with Crippen molar-refractivity contribution in [3.63, 3.8) is 0 Å². The number of halogens is 6. The van der Waals surface area contributed by atoms with Crippen LogP contribution >= 0.6 is 35.3 Å². The molecule has 1 fully saturated rings. The van der Waals surface area contributed by atoms with Crippen LogP contribution in [-0.2, 0) is 21.9 Å². The summed E-state index contributed by atoms with van der Waals surface area (Å²) in [6.07, 6.45) is -7.53. The maximum absolute atomic E-state index is 13.2. The summed E-state index contributed by atoms with van der Waals surface area (Å²) in [5.41, 5.74) is -3.00. The number of amides is 2. The first-order chi connectivity index (χ1) is 19.1. The molecule has 1 saturated heterocycles. The Morgan fingerprint density at radius 1 is 1.02 bits per heavy atom. The smallest absolute Gasteiger partial charge is 0.416 e. The summed E-state index contributed by atoms with van der Waals surface area (Å²) in [7, 11) is 0. The van der Waals surface area contributed by atoms with Gasteiger partial charge in [-0.3, -0.25) is 14.5 Å². The number of nitrogens with one attached hydrogen (secondary N) is 1. The lowest BCUT2D eigenvalue weighted by atomic mass is 10.0. The molecule has 214 valence electrons. The molecular weight excluding hydrogens is 616 g/mol. The Morgan fingerprint density at radius 2 is 1.68 bits per heavy atom. The van der Waals surface area contributed by atoms with Crippen LogP contribution in [0.15, 0.2) is 52.9 Å². The second-order valence-electron chi connectivity index (χ2n) is 8.40. The fourth-order valence-corrected chi connectivity index (χ4v) is 5.78. The van der Waals surface area contributed by atoms with Crippen LogP contribution in [0.1, 0.15) is 32.9 Å². The molecule has 7 nitrogen and oxygen atoms in total. The van der Waals surface area contributed by atoms with Gasteiger partial charge in [-0.15, -0.1) is 11.3 Å². The minimum atomic E-state index is -4.98. The van der Waals surface area contributed by atoms with Crippen molar-refractivity contribution in [1.29, 1.82) is 0 Å². The van der Waals surface area contributed by atoms with E-state index < -0.39 is 41.3 Å². The number of carbonyl (C=O) groups is 3. The third-order valence-electron chi connectivity index (χ3n) is 5.52. The van der Waals surface area contributed by atoms with E-state index >= 15 is 0 Å². The molecule has 1 aliphatic heterocycles. The summed E-state index contributed by atoms with van der Waals surface area (Å²) >= 11 is 7.18. The average Bonchev–Trinajstić information content (AvgIpc) is 3.46. The van der Waals surface area contributed by atoms with Gasteiger partial charge < -0.3 is 10.4 Å². The van der Waals surface area contributed by atoms with Crippen molar-refractivity contribution in [2.45, 2.75) is 18.8 Å². The zero-order chi connectivity index (χ0) is 30.1. The minimum absolute atomic E-state index is 0.0499. The highest BCUT2D eigenvalue weighted by Gasteiger charge is 2.37. The average molecular weight is 632 g/mol. The lowest BCUT2D eigenvalue weighted by Gasteiger charge is -2.14. The van der Waals surface area contributed by atoms with Crippen molar-refractivity contribution in [2.75, 3.05) is 11.9 Å². The number of thiophene rings is 1. The number of carboxylic acid groups (broad SMARTS) is 1. The zero-order valence-corrected chi connectivity index (χ0v) is 22.6. The van der Waals surface area contributed by atoms with Gasteiger partial charge in [0.05, 0.1) is 27.9 Å². The van der Waals surface area contributed by atoms with Gasteiger partial charge in [0.15, 0.2) is 0 Å². The molecule has 0 atom stereocenters. The molecule has 1 aliphatic rings. The van der Waals surface area contributed by atoms with Crippen LogP contribution in [0.5, 0.6) is 0 Å². The molecule has 4 rings (SSSR count). The molecule has 0 bridgehead atoms. The number of rotatable bonds is 7. The van der Waals surface area contributed by atoms with Crippen molar-refractivity contribution in [3.8, 4) is 11.1 Å². The van der Waals surface area contributed by atoms with E-state index in [1.54, 1.807) is 0 Å². The van der Waals surface area contributed by atoms with Gasteiger partial charge >= 0.3 is 18.3 Å². The fraction of sp³-hybridized carbons (Fsp3) is 0.160. The SMILES string of the molecule is O=C(CCN1C(=O)C(=Cc2cc(-c3cc(C(F)(F)F)cc(C(F)(F)F)c3)cs2)SC1=S)Nc1ccc(C(=O)O)nc1. The number of benzene rings is 1. The van der Waals surface area contributed by atoms with E-state index in [2.05, 4.69) is 10.3 Å². The highest BCUT2D eigenvalue weighted by atomic mass is 32.2. The van der Waals surface area contributed by atoms with Gasteiger partial charge in [0.25, 0.3) is 5.91 Å². The van der Waals surface area contributed by atoms with Crippen molar-refractivity contribution in [2.24, 2.45) is 0 Å². The number of thiocarbonyl (C=S) groups is 1. The molecule has 0 spiro atoms. The van der Waals surface area contributed by atoms with Crippen LogP contribution in [0.25, 0.3) is 17.2 Å². The Hall–Kier alpha value is -3.76. The Morgan fingerprint density at radius 3 is 2.24 bits per heavy atom.